The lowest BCUT2D eigenvalue weighted by atomic mass is 10.1. The van der Waals surface area contributed by atoms with E-state index in [1.807, 2.05) is 6.92 Å². The van der Waals surface area contributed by atoms with E-state index < -0.39 is 0 Å². The zero-order valence-electron chi connectivity index (χ0n) is 10.3. The molecule has 0 bridgehead atoms. The quantitative estimate of drug-likeness (QED) is 0.441. The number of rotatable bonds is 7. The molecular weight excluding hydrogens is 298 g/mol. The highest BCUT2D eigenvalue weighted by molar-refractivity contribution is 9.10. The maximum Gasteiger partial charge on any atom is 0.306 e. The molecule has 5 heteroatoms. The molecule has 98 valence electrons. The number of hydrogen-bond acceptors (Lipinski definition) is 4. The van der Waals surface area contributed by atoms with Crippen molar-refractivity contribution in [1.82, 2.24) is 4.98 Å². The normalized spacial score (nSPS) is 10.1. The molecule has 0 atom stereocenters. The molecule has 1 heterocycles. The zero-order valence-corrected chi connectivity index (χ0v) is 11.9. The number of ether oxygens (including phenoxy) is 1. The van der Waals surface area contributed by atoms with Crippen LogP contribution in [-0.4, -0.2) is 23.3 Å². The summed E-state index contributed by atoms with van der Waals surface area (Å²) in [5, 5.41) is 0. The van der Waals surface area contributed by atoms with Crippen LogP contribution in [-0.2, 0) is 9.53 Å². The van der Waals surface area contributed by atoms with Gasteiger partial charge in [0.15, 0.2) is 5.78 Å². The van der Waals surface area contributed by atoms with E-state index in [1.54, 1.807) is 12.3 Å². The summed E-state index contributed by atoms with van der Waals surface area (Å²) in [6.07, 6.45) is 5.22. The summed E-state index contributed by atoms with van der Waals surface area (Å²) in [6.45, 7) is 2.46. The summed E-state index contributed by atoms with van der Waals surface area (Å²) in [6, 6.07) is 1.69. The highest BCUT2D eigenvalue weighted by Crippen LogP contribution is 2.12. The van der Waals surface area contributed by atoms with Crippen LogP contribution in [0, 0.1) is 0 Å². The Labute approximate surface area is 115 Å². The molecule has 0 radical (unpaired) electrons. The molecule has 0 aliphatic rings. The van der Waals surface area contributed by atoms with Crippen molar-refractivity contribution in [3.05, 3.63) is 28.5 Å². The number of pyridine rings is 1. The van der Waals surface area contributed by atoms with E-state index >= 15 is 0 Å². The molecule has 0 saturated heterocycles. The van der Waals surface area contributed by atoms with Gasteiger partial charge in [-0.25, -0.2) is 0 Å². The molecule has 0 aliphatic carbocycles. The fourth-order valence-electron chi connectivity index (χ4n) is 1.33. The maximum atomic E-state index is 11.8. The highest BCUT2D eigenvalue weighted by Gasteiger charge is 2.10. The van der Waals surface area contributed by atoms with Gasteiger partial charge in [-0.2, -0.15) is 0 Å². The first kappa shape index (κ1) is 14.8. The Bertz CT molecular complexity index is 420. The first-order valence-electron chi connectivity index (χ1n) is 5.93. The largest absolute Gasteiger partial charge is 0.466 e. The Balaban J connectivity index is 2.35. The molecule has 1 rings (SSSR count). The fraction of sp³-hybridized carbons (Fsp3) is 0.462. The maximum absolute atomic E-state index is 11.8. The lowest BCUT2D eigenvalue weighted by Crippen LogP contribution is -2.09. The second-order valence-corrected chi connectivity index (χ2v) is 4.80. The van der Waals surface area contributed by atoms with Gasteiger partial charge in [0, 0.05) is 28.9 Å². The lowest BCUT2D eigenvalue weighted by molar-refractivity contribution is -0.143. The number of esters is 1. The van der Waals surface area contributed by atoms with Crippen molar-refractivity contribution in [3.8, 4) is 0 Å². The number of nitrogens with zero attached hydrogens (tertiary/aromatic N) is 1. The third-order valence-corrected chi connectivity index (χ3v) is 2.78. The third-order valence-electron chi connectivity index (χ3n) is 2.34. The molecule has 18 heavy (non-hydrogen) atoms. The van der Waals surface area contributed by atoms with Gasteiger partial charge in [-0.05, 0) is 28.4 Å². The Hall–Kier alpha value is -1.23. The van der Waals surface area contributed by atoms with E-state index in [2.05, 4.69) is 20.9 Å². The first-order valence-corrected chi connectivity index (χ1v) is 6.72. The summed E-state index contributed by atoms with van der Waals surface area (Å²) in [4.78, 5) is 27.0. The monoisotopic (exact) mass is 313 g/mol. The van der Waals surface area contributed by atoms with Crippen LogP contribution in [0.15, 0.2) is 22.9 Å². The predicted molar refractivity (Wildman–Crippen MR) is 71.4 cm³/mol. The molecule has 1 aromatic rings. The molecule has 0 unspecified atom stereocenters. The lowest BCUT2D eigenvalue weighted by Gasteiger charge is -2.03. The third kappa shape index (κ3) is 5.40. The van der Waals surface area contributed by atoms with Crippen molar-refractivity contribution < 1.29 is 14.3 Å². The summed E-state index contributed by atoms with van der Waals surface area (Å²) in [7, 11) is 0. The number of carbonyl (C=O) groups excluding carboxylic acids is 2. The Kier molecular flexibility index (Phi) is 6.57. The first-order chi connectivity index (χ1) is 8.63. The van der Waals surface area contributed by atoms with E-state index in [0.717, 1.165) is 17.3 Å². The Morgan fingerprint density at radius 1 is 1.33 bits per heavy atom. The molecule has 0 spiro atoms. The van der Waals surface area contributed by atoms with E-state index in [0.29, 0.717) is 12.2 Å². The Morgan fingerprint density at radius 3 is 2.78 bits per heavy atom. The van der Waals surface area contributed by atoms with Crippen LogP contribution in [0.3, 0.4) is 0 Å². The van der Waals surface area contributed by atoms with Crippen LogP contribution < -0.4 is 0 Å². The van der Waals surface area contributed by atoms with Gasteiger partial charge in [0.1, 0.15) is 0 Å². The molecule has 0 aromatic carbocycles. The van der Waals surface area contributed by atoms with Crippen LogP contribution in [0.4, 0.5) is 0 Å². The zero-order chi connectivity index (χ0) is 13.4. The standard InChI is InChI=1S/C13H16BrNO3/c1-2-3-6-18-13(17)5-4-12(16)10-7-11(14)9-15-8-10/h7-9H,2-6H2,1H3. The van der Waals surface area contributed by atoms with E-state index in [1.165, 1.54) is 6.20 Å². The number of unbranched alkanes of at least 4 members (excludes halogenated alkanes) is 1. The van der Waals surface area contributed by atoms with Crippen molar-refractivity contribution in [3.63, 3.8) is 0 Å². The van der Waals surface area contributed by atoms with Crippen LogP contribution in [0.1, 0.15) is 43.0 Å². The predicted octanol–water partition coefficient (Wildman–Crippen LogP) is 3.15. The van der Waals surface area contributed by atoms with Crippen LogP contribution in [0.2, 0.25) is 0 Å². The van der Waals surface area contributed by atoms with E-state index in [9.17, 15) is 9.59 Å². The topological polar surface area (TPSA) is 56.3 Å². The van der Waals surface area contributed by atoms with Gasteiger partial charge in [0.2, 0.25) is 0 Å². The SMILES string of the molecule is CCCCOC(=O)CCC(=O)c1cncc(Br)c1. The van der Waals surface area contributed by atoms with Crippen LogP contribution in [0.5, 0.6) is 0 Å². The van der Waals surface area contributed by atoms with Gasteiger partial charge in [-0.3, -0.25) is 14.6 Å². The van der Waals surface area contributed by atoms with Gasteiger partial charge < -0.3 is 4.74 Å². The van der Waals surface area contributed by atoms with Crippen molar-refractivity contribution in [2.45, 2.75) is 32.6 Å². The summed E-state index contributed by atoms with van der Waals surface area (Å²) in [5.41, 5.74) is 0.505. The minimum Gasteiger partial charge on any atom is -0.466 e. The van der Waals surface area contributed by atoms with Gasteiger partial charge in [0.25, 0.3) is 0 Å². The van der Waals surface area contributed by atoms with Gasteiger partial charge in [-0.1, -0.05) is 13.3 Å². The van der Waals surface area contributed by atoms with E-state index in [4.69, 9.17) is 4.74 Å². The summed E-state index contributed by atoms with van der Waals surface area (Å²) >= 11 is 3.25. The molecule has 0 amide bonds. The van der Waals surface area contributed by atoms with Crippen LogP contribution >= 0.6 is 15.9 Å². The average molecular weight is 314 g/mol. The number of halogens is 1. The summed E-state index contributed by atoms with van der Waals surface area (Å²) < 4.78 is 5.73. The van der Waals surface area contributed by atoms with Gasteiger partial charge in [0.05, 0.1) is 13.0 Å². The molecule has 1 aromatic heterocycles. The molecule has 4 nitrogen and oxygen atoms in total. The van der Waals surface area contributed by atoms with Crippen molar-refractivity contribution >= 4 is 27.7 Å². The van der Waals surface area contributed by atoms with E-state index in [-0.39, 0.29) is 24.6 Å². The smallest absolute Gasteiger partial charge is 0.306 e. The molecular formula is C13H16BrNO3. The molecule has 0 aliphatic heterocycles. The molecule has 0 saturated carbocycles. The van der Waals surface area contributed by atoms with Gasteiger partial charge in [-0.15, -0.1) is 0 Å². The second-order valence-electron chi connectivity index (χ2n) is 3.89. The Morgan fingerprint density at radius 2 is 2.11 bits per heavy atom. The van der Waals surface area contributed by atoms with Crippen molar-refractivity contribution in [2.24, 2.45) is 0 Å². The summed E-state index contributed by atoms with van der Waals surface area (Å²) in [5.74, 6) is -0.420. The fourth-order valence-corrected chi connectivity index (χ4v) is 1.69. The molecule has 0 N–H and O–H groups in total. The highest BCUT2D eigenvalue weighted by atomic mass is 79.9. The average Bonchev–Trinajstić information content (AvgIpc) is 2.36. The number of Topliss-reactive ketones (excluding diaryl/α,β-unsaturated/α-hetero) is 1. The minimum absolute atomic E-state index is 0.101. The number of ketones is 1. The molecule has 0 fully saturated rings. The van der Waals surface area contributed by atoms with Crippen LogP contribution in [0.25, 0.3) is 0 Å². The number of aromatic nitrogens is 1. The van der Waals surface area contributed by atoms with Gasteiger partial charge >= 0.3 is 5.97 Å². The van der Waals surface area contributed by atoms with Crippen molar-refractivity contribution in [2.75, 3.05) is 6.61 Å². The number of carbonyl (C=O) groups is 2. The minimum atomic E-state index is -0.320. The van der Waals surface area contributed by atoms with Crippen molar-refractivity contribution in [1.29, 1.82) is 0 Å². The second kappa shape index (κ2) is 7.97. The number of hydrogen-bond donors (Lipinski definition) is 0.